The molecule has 0 spiro atoms. The fourth-order valence-corrected chi connectivity index (χ4v) is 5.92. The van der Waals surface area contributed by atoms with Crippen molar-refractivity contribution in [2.24, 2.45) is 7.05 Å². The first-order chi connectivity index (χ1) is 14.9. The SMILES string of the molecule is Cc1cc(C)c(C)c(-c2c3c(cc[n+]2C)-c2ccc4c(c2C3)-c2cccc(C)c2C4)c1. The van der Waals surface area contributed by atoms with Gasteiger partial charge >= 0.3 is 0 Å². The first-order valence-corrected chi connectivity index (χ1v) is 11.3. The zero-order valence-electron chi connectivity index (χ0n) is 19.1. The number of nitrogens with zero attached hydrogens (tertiary/aromatic N) is 1. The summed E-state index contributed by atoms with van der Waals surface area (Å²) in [4.78, 5) is 0. The van der Waals surface area contributed by atoms with Crippen LogP contribution in [0, 0.1) is 27.7 Å². The van der Waals surface area contributed by atoms with Crippen molar-refractivity contribution in [3.8, 4) is 33.5 Å². The van der Waals surface area contributed by atoms with Gasteiger partial charge in [-0.25, -0.2) is 4.57 Å². The molecule has 0 fully saturated rings. The molecule has 1 aromatic heterocycles. The second-order valence-corrected chi connectivity index (χ2v) is 9.50. The Bertz CT molecular complexity index is 1420. The van der Waals surface area contributed by atoms with E-state index in [4.69, 9.17) is 0 Å². The van der Waals surface area contributed by atoms with E-state index >= 15 is 0 Å². The summed E-state index contributed by atoms with van der Waals surface area (Å²) in [6, 6.07) is 18.5. The molecule has 2 aliphatic carbocycles. The van der Waals surface area contributed by atoms with E-state index in [1.165, 1.54) is 78.0 Å². The molecular weight excluding hydrogens is 374 g/mol. The monoisotopic (exact) mass is 402 g/mol. The fraction of sp³-hybridized carbons (Fsp3) is 0.233. The average molecular weight is 403 g/mol. The van der Waals surface area contributed by atoms with Gasteiger partial charge in [-0.15, -0.1) is 0 Å². The van der Waals surface area contributed by atoms with E-state index < -0.39 is 0 Å². The van der Waals surface area contributed by atoms with Crippen molar-refractivity contribution in [1.82, 2.24) is 0 Å². The number of rotatable bonds is 1. The maximum absolute atomic E-state index is 2.37. The van der Waals surface area contributed by atoms with Crippen LogP contribution in [0.1, 0.15) is 44.5 Å². The van der Waals surface area contributed by atoms with Gasteiger partial charge < -0.3 is 0 Å². The van der Waals surface area contributed by atoms with E-state index in [2.05, 4.69) is 94.0 Å². The van der Waals surface area contributed by atoms with Crippen LogP contribution in [0.4, 0.5) is 0 Å². The summed E-state index contributed by atoms with van der Waals surface area (Å²) in [7, 11) is 2.19. The van der Waals surface area contributed by atoms with Crippen LogP contribution >= 0.6 is 0 Å². The Morgan fingerprint density at radius 2 is 1.48 bits per heavy atom. The predicted octanol–water partition coefficient (Wildman–Crippen LogP) is 6.55. The molecule has 2 aliphatic rings. The molecule has 1 heteroatoms. The lowest BCUT2D eigenvalue weighted by Gasteiger charge is -2.12. The van der Waals surface area contributed by atoms with Crippen molar-refractivity contribution < 1.29 is 4.57 Å². The van der Waals surface area contributed by atoms with Crippen molar-refractivity contribution >= 4 is 0 Å². The van der Waals surface area contributed by atoms with Crippen LogP contribution in [-0.2, 0) is 19.9 Å². The molecule has 0 atom stereocenters. The molecule has 0 saturated carbocycles. The Balaban J connectivity index is 1.61. The Hall–Kier alpha value is -3.19. The highest BCUT2D eigenvalue weighted by Gasteiger charge is 2.33. The molecule has 0 unspecified atom stereocenters. The topological polar surface area (TPSA) is 3.88 Å². The molecule has 6 rings (SSSR count). The standard InChI is InChI=1S/C30H28N/c1-17-13-19(3)20(4)26(14-17)30-28-16-27-22(23(28)11-12-31(30)5)10-9-21-15-25-18(2)7-6-8-24(25)29(21)27/h6-14H,15-16H2,1-5H3/q+1. The Kier molecular flexibility index (Phi) is 3.84. The number of hydrogen-bond donors (Lipinski definition) is 0. The maximum Gasteiger partial charge on any atom is 0.216 e. The first-order valence-electron chi connectivity index (χ1n) is 11.3. The van der Waals surface area contributed by atoms with Crippen LogP contribution in [0.5, 0.6) is 0 Å². The molecule has 0 bridgehead atoms. The molecular formula is C30H28N+. The summed E-state index contributed by atoms with van der Waals surface area (Å²) in [5.74, 6) is 0. The molecule has 3 aromatic carbocycles. The number of hydrogen-bond acceptors (Lipinski definition) is 0. The predicted molar refractivity (Wildman–Crippen MR) is 128 cm³/mol. The van der Waals surface area contributed by atoms with E-state index in [0.29, 0.717) is 0 Å². The number of benzene rings is 3. The molecule has 0 N–H and O–H groups in total. The molecule has 1 nitrogen and oxygen atoms in total. The number of aromatic nitrogens is 1. The number of aryl methyl sites for hydroxylation is 4. The van der Waals surface area contributed by atoms with Gasteiger partial charge in [0.15, 0.2) is 6.20 Å². The zero-order chi connectivity index (χ0) is 21.4. The van der Waals surface area contributed by atoms with E-state index in [9.17, 15) is 0 Å². The van der Waals surface area contributed by atoms with Crippen molar-refractivity contribution in [1.29, 1.82) is 0 Å². The van der Waals surface area contributed by atoms with Crippen LogP contribution in [-0.4, -0.2) is 0 Å². The van der Waals surface area contributed by atoms with Gasteiger partial charge in [0.05, 0.1) is 0 Å². The van der Waals surface area contributed by atoms with Crippen molar-refractivity contribution in [2.45, 2.75) is 40.5 Å². The minimum absolute atomic E-state index is 1.01. The number of fused-ring (bicyclic) bond motifs is 7. The minimum Gasteiger partial charge on any atom is -0.201 e. The van der Waals surface area contributed by atoms with Gasteiger partial charge in [-0.05, 0) is 95.8 Å². The van der Waals surface area contributed by atoms with E-state index in [1.807, 2.05) is 0 Å². The molecule has 4 aromatic rings. The highest BCUT2D eigenvalue weighted by atomic mass is 14.9. The Morgan fingerprint density at radius 1 is 0.677 bits per heavy atom. The van der Waals surface area contributed by atoms with Gasteiger partial charge in [-0.3, -0.25) is 0 Å². The lowest BCUT2D eigenvalue weighted by molar-refractivity contribution is -0.660. The van der Waals surface area contributed by atoms with Crippen LogP contribution in [0.2, 0.25) is 0 Å². The van der Waals surface area contributed by atoms with E-state index in [1.54, 1.807) is 0 Å². The highest BCUT2D eigenvalue weighted by Crippen LogP contribution is 2.49. The highest BCUT2D eigenvalue weighted by molar-refractivity contribution is 5.92. The van der Waals surface area contributed by atoms with Gasteiger partial charge in [-0.2, -0.15) is 0 Å². The second-order valence-electron chi connectivity index (χ2n) is 9.50. The molecule has 0 radical (unpaired) electrons. The largest absolute Gasteiger partial charge is 0.216 e. The normalized spacial score (nSPS) is 13.1. The van der Waals surface area contributed by atoms with Crippen molar-refractivity contribution in [3.63, 3.8) is 0 Å². The lowest BCUT2D eigenvalue weighted by Crippen LogP contribution is -2.32. The summed E-state index contributed by atoms with van der Waals surface area (Å²) in [5, 5.41) is 0. The smallest absolute Gasteiger partial charge is 0.201 e. The third-order valence-corrected chi connectivity index (χ3v) is 7.59. The van der Waals surface area contributed by atoms with Gasteiger partial charge in [0.1, 0.15) is 7.05 Å². The van der Waals surface area contributed by atoms with E-state index in [-0.39, 0.29) is 0 Å². The third kappa shape index (κ3) is 2.53. The number of pyridine rings is 1. The summed E-state index contributed by atoms with van der Waals surface area (Å²) < 4.78 is 2.32. The Labute approximate surface area is 185 Å². The third-order valence-electron chi connectivity index (χ3n) is 7.59. The molecule has 31 heavy (non-hydrogen) atoms. The van der Waals surface area contributed by atoms with Crippen LogP contribution in [0.25, 0.3) is 33.5 Å². The lowest BCUT2D eigenvalue weighted by atomic mass is 9.93. The molecule has 0 aliphatic heterocycles. The van der Waals surface area contributed by atoms with Gasteiger partial charge in [0.25, 0.3) is 0 Å². The summed E-state index contributed by atoms with van der Waals surface area (Å²) in [6.45, 7) is 8.96. The quantitative estimate of drug-likeness (QED) is 0.274. The minimum atomic E-state index is 1.01. The van der Waals surface area contributed by atoms with Crippen molar-refractivity contribution in [2.75, 3.05) is 0 Å². The van der Waals surface area contributed by atoms with Gasteiger partial charge in [-0.1, -0.05) is 42.0 Å². The fourth-order valence-electron chi connectivity index (χ4n) is 5.92. The zero-order valence-corrected chi connectivity index (χ0v) is 19.1. The van der Waals surface area contributed by atoms with Gasteiger partial charge in [0.2, 0.25) is 5.69 Å². The summed E-state index contributed by atoms with van der Waals surface area (Å²) in [5.41, 5.74) is 20.0. The molecule has 1 heterocycles. The molecule has 152 valence electrons. The first kappa shape index (κ1) is 18.6. The summed E-state index contributed by atoms with van der Waals surface area (Å²) >= 11 is 0. The van der Waals surface area contributed by atoms with Crippen LogP contribution in [0.3, 0.4) is 0 Å². The summed E-state index contributed by atoms with van der Waals surface area (Å²) in [6.07, 6.45) is 4.32. The van der Waals surface area contributed by atoms with Crippen LogP contribution in [0.15, 0.2) is 54.7 Å². The molecule has 0 saturated heterocycles. The average Bonchev–Trinajstić information content (AvgIpc) is 3.30. The van der Waals surface area contributed by atoms with Crippen LogP contribution < -0.4 is 4.57 Å². The van der Waals surface area contributed by atoms with E-state index in [0.717, 1.165) is 12.8 Å². The second kappa shape index (κ2) is 6.40. The van der Waals surface area contributed by atoms with Crippen molar-refractivity contribution in [3.05, 3.63) is 99.2 Å². The van der Waals surface area contributed by atoms with Gasteiger partial charge in [0, 0.05) is 23.6 Å². The molecule has 0 amide bonds. The Morgan fingerprint density at radius 3 is 2.32 bits per heavy atom. The maximum atomic E-state index is 2.37.